The fourth-order valence-electron chi connectivity index (χ4n) is 1.48. The van der Waals surface area contributed by atoms with Gasteiger partial charge in [-0.1, -0.05) is 0 Å². The average molecular weight is 556 g/mol. The summed E-state index contributed by atoms with van der Waals surface area (Å²) < 4.78 is 30.3. The predicted molar refractivity (Wildman–Crippen MR) is 133 cm³/mol. The Morgan fingerprint density at radius 1 is 0.364 bits per heavy atom. The van der Waals surface area contributed by atoms with E-state index < -0.39 is 0 Å². The van der Waals surface area contributed by atoms with Crippen LogP contribution in [0.4, 0.5) is 0 Å². The number of nitrogens with two attached hydrogens (primary N) is 3. The number of ether oxygens (including phenoxy) is 6. The van der Waals surface area contributed by atoms with Crippen molar-refractivity contribution in [3.63, 3.8) is 0 Å². The Morgan fingerprint density at radius 3 is 0.515 bits per heavy atom. The van der Waals surface area contributed by atoms with Crippen LogP contribution in [-0.4, -0.2) is 75.3 Å². The van der Waals surface area contributed by atoms with Gasteiger partial charge in [-0.05, 0) is 0 Å². The summed E-state index contributed by atoms with van der Waals surface area (Å²) in [6.45, 7) is 11.7. The molecule has 0 fully saturated rings. The molecule has 0 saturated heterocycles. The molecule has 210 valence electrons. The van der Waals surface area contributed by atoms with Gasteiger partial charge in [-0.15, -0.1) is 15.4 Å². The van der Waals surface area contributed by atoms with Gasteiger partial charge in [0.05, 0.1) is 0 Å². The molecule has 0 bridgehead atoms. The number of hydrogen-bond acceptors (Lipinski definition) is 9. The molecule has 0 radical (unpaired) electrons. The van der Waals surface area contributed by atoms with E-state index in [1.165, 1.54) is 0 Å². The lowest BCUT2D eigenvalue weighted by Crippen LogP contribution is -3.00. The van der Waals surface area contributed by atoms with Crippen molar-refractivity contribution in [2.45, 2.75) is 74.2 Å². The minimum absolute atomic E-state index is 0. The van der Waals surface area contributed by atoms with Crippen LogP contribution in [0.5, 0.6) is 0 Å². The van der Waals surface area contributed by atoms with E-state index in [2.05, 4.69) is 0 Å². The van der Waals surface area contributed by atoms with Crippen molar-refractivity contribution in [2.75, 3.05) is 42.7 Å². The standard InChI is InChI=1S/3C6H16NO2S.3FH/c3*1-5(8-3)10(7)6(2)9-4;;;/h3*5-6H,7H2,1-4H3;3*1H/q3*+1;;;/p-3. The van der Waals surface area contributed by atoms with Crippen molar-refractivity contribution in [1.82, 2.24) is 0 Å². The Morgan fingerprint density at radius 2 is 0.455 bits per heavy atom. The van der Waals surface area contributed by atoms with Gasteiger partial charge in [0.2, 0.25) is 32.6 Å². The van der Waals surface area contributed by atoms with Crippen molar-refractivity contribution in [3.05, 3.63) is 0 Å². The summed E-state index contributed by atoms with van der Waals surface area (Å²) in [5, 5.41) is 17.3. The van der Waals surface area contributed by atoms with Gasteiger partial charge < -0.3 is 42.5 Å². The molecule has 6 N–H and O–H groups in total. The summed E-state index contributed by atoms with van der Waals surface area (Å²) in [5.41, 5.74) is 0.472. The first-order valence-corrected chi connectivity index (χ1v) is 13.7. The second kappa shape index (κ2) is 28.7. The van der Waals surface area contributed by atoms with Crippen LogP contribution in [-0.2, 0) is 61.7 Å². The van der Waals surface area contributed by atoms with Gasteiger partial charge in [-0.3, -0.25) is 0 Å². The zero-order valence-corrected chi connectivity index (χ0v) is 24.5. The molecule has 0 rings (SSSR count). The third-order valence-corrected chi connectivity index (χ3v) is 10.0. The number of methoxy groups -OCH3 is 6. The molecule has 0 aromatic carbocycles. The van der Waals surface area contributed by atoms with Crippen LogP contribution in [0.3, 0.4) is 0 Å². The first-order valence-electron chi connectivity index (χ1n) is 9.45. The zero-order valence-electron chi connectivity index (χ0n) is 22.0. The number of hydrogen-bond donors (Lipinski definition) is 3. The molecule has 0 amide bonds. The molecule has 0 aromatic heterocycles. The van der Waals surface area contributed by atoms with Crippen LogP contribution in [0.15, 0.2) is 0 Å². The van der Waals surface area contributed by atoms with Gasteiger partial charge in [0.1, 0.15) is 33.2 Å². The molecule has 15 heteroatoms. The van der Waals surface area contributed by atoms with Gasteiger partial charge in [0.15, 0.2) is 0 Å². The highest BCUT2D eigenvalue weighted by Gasteiger charge is 2.30. The molecular weight excluding hydrogens is 507 g/mol. The Balaban J connectivity index is -0.0000000792. The highest BCUT2D eigenvalue weighted by atomic mass is 32.2. The van der Waals surface area contributed by atoms with Gasteiger partial charge >= 0.3 is 0 Å². The summed E-state index contributed by atoms with van der Waals surface area (Å²) in [6.07, 6.45) is 0. The van der Waals surface area contributed by atoms with Gasteiger partial charge in [-0.25, -0.2) is 0 Å². The summed E-state index contributed by atoms with van der Waals surface area (Å²) in [4.78, 5) is 0. The topological polar surface area (TPSA) is 133 Å². The lowest BCUT2D eigenvalue weighted by atomic mass is 10.8. The number of rotatable bonds is 12. The molecule has 33 heavy (non-hydrogen) atoms. The third-order valence-electron chi connectivity index (χ3n) is 4.29. The molecular formula is C18H48F3N3O6S3. The molecule has 0 aliphatic heterocycles. The Hall–Kier alpha value is 0.480. The summed E-state index contributed by atoms with van der Waals surface area (Å²) >= 11 is -0.912. The van der Waals surface area contributed by atoms with Gasteiger partial charge in [0, 0.05) is 84.2 Å². The molecule has 6 atom stereocenters. The average Bonchev–Trinajstić information content (AvgIpc) is 2.79. The SMILES string of the molecule is COC(C)[S+](N)C(C)OC.COC(C)[S+](N)C(C)OC.COC(C)[S+](N)C(C)OC.[F-].[F-].[F-]. The first kappa shape index (κ1) is 46.8. The maximum absolute atomic E-state index is 5.76. The highest BCUT2D eigenvalue weighted by Crippen LogP contribution is 2.08. The van der Waals surface area contributed by atoms with Crippen LogP contribution in [0.1, 0.15) is 41.5 Å². The van der Waals surface area contributed by atoms with E-state index >= 15 is 0 Å². The van der Waals surface area contributed by atoms with Crippen LogP contribution in [0, 0.1) is 0 Å². The Bertz CT molecular complexity index is 312. The van der Waals surface area contributed by atoms with Crippen LogP contribution < -0.4 is 29.5 Å². The smallest absolute Gasteiger partial charge is 0.236 e. The fraction of sp³-hybridized carbons (Fsp3) is 1.00. The van der Waals surface area contributed by atoms with Crippen molar-refractivity contribution in [2.24, 2.45) is 15.4 Å². The minimum Gasteiger partial charge on any atom is -1.00 e. The van der Waals surface area contributed by atoms with Crippen LogP contribution >= 0.6 is 0 Å². The molecule has 0 spiro atoms. The maximum Gasteiger partial charge on any atom is 0.236 e. The molecule has 0 aliphatic rings. The lowest BCUT2D eigenvalue weighted by Gasteiger charge is -2.12. The molecule has 6 unspecified atom stereocenters. The predicted octanol–water partition coefficient (Wildman–Crippen LogP) is -7.60. The Labute approximate surface area is 208 Å². The largest absolute Gasteiger partial charge is 1.00 e. The quantitative estimate of drug-likeness (QED) is 0.201. The number of halogens is 3. The van der Waals surface area contributed by atoms with Crippen LogP contribution in [0.25, 0.3) is 0 Å². The van der Waals surface area contributed by atoms with Crippen molar-refractivity contribution in [3.8, 4) is 0 Å². The van der Waals surface area contributed by atoms with Gasteiger partial charge in [-0.2, -0.15) is 0 Å². The van der Waals surface area contributed by atoms with Crippen LogP contribution in [0.2, 0.25) is 0 Å². The summed E-state index contributed by atoms with van der Waals surface area (Å²) in [6, 6.07) is 0. The molecule has 0 aliphatic carbocycles. The summed E-state index contributed by atoms with van der Waals surface area (Å²) in [5.74, 6) is 0. The lowest BCUT2D eigenvalue weighted by molar-refractivity contribution is -0.00100. The van der Waals surface area contributed by atoms with E-state index in [9.17, 15) is 0 Å². The third kappa shape index (κ3) is 22.7. The van der Waals surface area contributed by atoms with E-state index in [0.29, 0.717) is 0 Å². The second-order valence-corrected chi connectivity index (χ2v) is 12.5. The fourth-order valence-corrected chi connectivity index (χ4v) is 4.43. The monoisotopic (exact) mass is 555 g/mol. The van der Waals surface area contributed by atoms with Crippen molar-refractivity contribution in [1.29, 1.82) is 0 Å². The second-order valence-electron chi connectivity index (χ2n) is 6.04. The maximum atomic E-state index is 5.76. The zero-order chi connectivity index (χ0) is 24.4. The first-order chi connectivity index (χ1) is 13.9. The van der Waals surface area contributed by atoms with E-state index in [1.807, 2.05) is 41.5 Å². The van der Waals surface area contributed by atoms with E-state index in [0.717, 1.165) is 0 Å². The highest BCUT2D eigenvalue weighted by molar-refractivity contribution is 7.96. The van der Waals surface area contributed by atoms with Crippen molar-refractivity contribution < 1.29 is 42.5 Å². The van der Waals surface area contributed by atoms with E-state index in [-0.39, 0.29) is 80.0 Å². The molecule has 9 nitrogen and oxygen atoms in total. The molecule has 0 aromatic rings. The minimum atomic E-state index is -0.304. The van der Waals surface area contributed by atoms with E-state index in [1.54, 1.807) is 42.7 Å². The van der Waals surface area contributed by atoms with Crippen molar-refractivity contribution >= 4 is 33.2 Å². The molecule has 0 heterocycles. The Kier molecular flexibility index (Phi) is 40.7. The summed E-state index contributed by atoms with van der Waals surface area (Å²) in [7, 11) is 9.92. The van der Waals surface area contributed by atoms with E-state index in [4.69, 9.17) is 43.8 Å². The van der Waals surface area contributed by atoms with Gasteiger partial charge in [0.25, 0.3) is 0 Å². The molecule has 0 saturated carbocycles. The normalized spacial score (nSPS) is 18.3.